The van der Waals surface area contributed by atoms with Crippen LogP contribution in [0.15, 0.2) is 42.5 Å². The summed E-state index contributed by atoms with van der Waals surface area (Å²) in [7, 11) is 0. The Morgan fingerprint density at radius 3 is 2.48 bits per heavy atom. The molecule has 5 nitrogen and oxygen atoms in total. The largest absolute Gasteiger partial charge is 0.452 e. The number of carbonyl (C=O) groups excluding carboxylic acids is 2. The first-order valence-electron chi connectivity index (χ1n) is 6.42. The third-order valence-corrected chi connectivity index (χ3v) is 3.35. The monoisotopic (exact) mass is 348 g/mol. The van der Waals surface area contributed by atoms with Gasteiger partial charge in [-0.2, -0.15) is 5.26 Å². The van der Waals surface area contributed by atoms with E-state index in [1.54, 1.807) is 12.1 Å². The van der Waals surface area contributed by atoms with E-state index in [-0.39, 0.29) is 5.56 Å². The third kappa shape index (κ3) is 4.71. The molecule has 23 heavy (non-hydrogen) atoms. The number of rotatable bonds is 4. The van der Waals surface area contributed by atoms with Crippen molar-refractivity contribution in [2.24, 2.45) is 0 Å². The van der Waals surface area contributed by atoms with Crippen molar-refractivity contribution in [2.45, 2.75) is 0 Å². The molecule has 0 fully saturated rings. The summed E-state index contributed by atoms with van der Waals surface area (Å²) in [4.78, 5) is 23.6. The number of nitrogens with one attached hydrogen (secondary N) is 1. The van der Waals surface area contributed by atoms with Crippen LogP contribution >= 0.6 is 23.2 Å². The molecule has 2 aromatic carbocycles. The molecule has 116 valence electrons. The van der Waals surface area contributed by atoms with Crippen molar-refractivity contribution in [3.63, 3.8) is 0 Å². The number of nitriles is 1. The van der Waals surface area contributed by atoms with Crippen LogP contribution in [0.5, 0.6) is 0 Å². The molecular formula is C16H10Cl2N2O3. The first-order chi connectivity index (χ1) is 11.0. The molecule has 0 atom stereocenters. The van der Waals surface area contributed by atoms with E-state index >= 15 is 0 Å². The highest BCUT2D eigenvalue weighted by atomic mass is 35.5. The lowest BCUT2D eigenvalue weighted by Crippen LogP contribution is -2.21. The van der Waals surface area contributed by atoms with Crippen molar-refractivity contribution >= 4 is 40.8 Å². The Kier molecular flexibility index (Phi) is 5.58. The summed E-state index contributed by atoms with van der Waals surface area (Å²) in [5, 5.41) is 11.9. The number of nitrogens with zero attached hydrogens (tertiary/aromatic N) is 1. The Bertz CT molecular complexity index is 783. The van der Waals surface area contributed by atoms with Crippen molar-refractivity contribution in [1.82, 2.24) is 0 Å². The van der Waals surface area contributed by atoms with Crippen molar-refractivity contribution in [3.05, 3.63) is 63.6 Å². The van der Waals surface area contributed by atoms with Crippen LogP contribution in [-0.4, -0.2) is 18.5 Å². The first kappa shape index (κ1) is 16.8. The molecule has 0 aliphatic rings. The smallest absolute Gasteiger partial charge is 0.338 e. The quantitative estimate of drug-likeness (QED) is 0.855. The molecule has 7 heteroatoms. The number of anilines is 1. The lowest BCUT2D eigenvalue weighted by atomic mass is 10.1. The van der Waals surface area contributed by atoms with E-state index in [1.165, 1.54) is 30.3 Å². The Hall–Kier alpha value is -2.55. The minimum Gasteiger partial charge on any atom is -0.452 e. The summed E-state index contributed by atoms with van der Waals surface area (Å²) < 4.78 is 4.90. The summed E-state index contributed by atoms with van der Waals surface area (Å²) in [5.74, 6) is -1.21. The SMILES string of the molecule is N#Cc1ccc(C(=O)OCC(=O)Nc2cc(Cl)ccc2Cl)cc1. The lowest BCUT2D eigenvalue weighted by molar-refractivity contribution is -0.119. The molecule has 0 radical (unpaired) electrons. The maximum Gasteiger partial charge on any atom is 0.338 e. The molecule has 0 spiro atoms. The molecule has 0 unspecified atom stereocenters. The summed E-state index contributed by atoms with van der Waals surface area (Å²) in [6, 6.07) is 12.4. The van der Waals surface area contributed by atoms with Crippen LogP contribution < -0.4 is 5.32 Å². The van der Waals surface area contributed by atoms with E-state index < -0.39 is 18.5 Å². The van der Waals surface area contributed by atoms with E-state index in [0.29, 0.717) is 21.3 Å². The second-order valence-electron chi connectivity index (χ2n) is 4.44. The standard InChI is InChI=1S/C16H10Cl2N2O3/c17-12-5-6-13(18)14(7-12)20-15(21)9-23-16(22)11-3-1-10(8-19)2-4-11/h1-7H,9H2,(H,20,21). The molecule has 0 aliphatic carbocycles. The van der Waals surface area contributed by atoms with Gasteiger partial charge in [0.2, 0.25) is 0 Å². The van der Waals surface area contributed by atoms with Crippen LogP contribution in [0.4, 0.5) is 5.69 Å². The molecule has 0 saturated carbocycles. The van der Waals surface area contributed by atoms with Crippen molar-refractivity contribution in [3.8, 4) is 6.07 Å². The fourth-order valence-corrected chi connectivity index (χ4v) is 2.01. The van der Waals surface area contributed by atoms with Gasteiger partial charge in [-0.15, -0.1) is 0 Å². The van der Waals surface area contributed by atoms with Gasteiger partial charge < -0.3 is 10.1 Å². The predicted octanol–water partition coefficient (Wildman–Crippen LogP) is 3.66. The zero-order chi connectivity index (χ0) is 16.8. The number of benzene rings is 2. The summed E-state index contributed by atoms with van der Waals surface area (Å²) in [5.41, 5.74) is 1.01. The van der Waals surface area contributed by atoms with Crippen LogP contribution in [0.1, 0.15) is 15.9 Å². The van der Waals surface area contributed by atoms with Gasteiger partial charge in [-0.05, 0) is 42.5 Å². The van der Waals surface area contributed by atoms with E-state index in [0.717, 1.165) is 0 Å². The Morgan fingerprint density at radius 1 is 1.13 bits per heavy atom. The van der Waals surface area contributed by atoms with Crippen molar-refractivity contribution in [1.29, 1.82) is 5.26 Å². The molecule has 2 rings (SSSR count). The minimum atomic E-state index is -0.665. The molecular weight excluding hydrogens is 339 g/mol. The van der Waals surface area contributed by atoms with Gasteiger partial charge in [0.25, 0.3) is 5.91 Å². The van der Waals surface area contributed by atoms with Crippen molar-refractivity contribution in [2.75, 3.05) is 11.9 Å². The Balaban J connectivity index is 1.92. The first-order valence-corrected chi connectivity index (χ1v) is 7.17. The lowest BCUT2D eigenvalue weighted by Gasteiger charge is -2.08. The number of hydrogen-bond acceptors (Lipinski definition) is 4. The van der Waals surface area contributed by atoms with E-state index in [1.807, 2.05) is 6.07 Å². The van der Waals surface area contributed by atoms with Crippen LogP contribution in [0.2, 0.25) is 10.0 Å². The zero-order valence-electron chi connectivity index (χ0n) is 11.7. The summed E-state index contributed by atoms with van der Waals surface area (Å²) >= 11 is 11.7. The van der Waals surface area contributed by atoms with Crippen molar-refractivity contribution < 1.29 is 14.3 Å². The third-order valence-electron chi connectivity index (χ3n) is 2.79. The molecule has 0 heterocycles. The highest BCUT2D eigenvalue weighted by Crippen LogP contribution is 2.25. The number of hydrogen-bond donors (Lipinski definition) is 1. The Morgan fingerprint density at radius 2 is 1.83 bits per heavy atom. The van der Waals surface area contributed by atoms with E-state index in [4.69, 9.17) is 33.2 Å². The van der Waals surface area contributed by atoms with E-state index in [2.05, 4.69) is 5.32 Å². The predicted molar refractivity (Wildman–Crippen MR) is 86.5 cm³/mol. The number of amides is 1. The number of halogens is 2. The second-order valence-corrected chi connectivity index (χ2v) is 5.28. The maximum absolute atomic E-state index is 11.8. The van der Waals surface area contributed by atoms with Crippen LogP contribution in [0.3, 0.4) is 0 Å². The number of esters is 1. The molecule has 0 aromatic heterocycles. The van der Waals surface area contributed by atoms with Gasteiger partial charge in [0.15, 0.2) is 6.61 Å². The average Bonchev–Trinajstić information content (AvgIpc) is 2.56. The summed E-state index contributed by atoms with van der Waals surface area (Å²) in [6.07, 6.45) is 0. The molecule has 0 saturated heterocycles. The molecule has 1 amide bonds. The minimum absolute atomic E-state index is 0.248. The van der Waals surface area contributed by atoms with Crippen LogP contribution in [0.25, 0.3) is 0 Å². The number of ether oxygens (including phenoxy) is 1. The van der Waals surface area contributed by atoms with Gasteiger partial charge >= 0.3 is 5.97 Å². The second kappa shape index (κ2) is 7.63. The molecule has 0 aliphatic heterocycles. The topological polar surface area (TPSA) is 79.2 Å². The van der Waals surface area contributed by atoms with Crippen LogP contribution in [-0.2, 0) is 9.53 Å². The van der Waals surface area contributed by atoms with Gasteiger partial charge in [-0.1, -0.05) is 23.2 Å². The van der Waals surface area contributed by atoms with Gasteiger partial charge in [0.05, 0.1) is 27.9 Å². The van der Waals surface area contributed by atoms with Crippen LogP contribution in [0, 0.1) is 11.3 Å². The highest BCUT2D eigenvalue weighted by Gasteiger charge is 2.11. The summed E-state index contributed by atoms with van der Waals surface area (Å²) in [6.45, 7) is -0.471. The van der Waals surface area contributed by atoms with Gasteiger partial charge in [0, 0.05) is 5.02 Å². The van der Waals surface area contributed by atoms with Gasteiger partial charge in [0.1, 0.15) is 0 Å². The maximum atomic E-state index is 11.8. The average molecular weight is 349 g/mol. The van der Waals surface area contributed by atoms with E-state index in [9.17, 15) is 9.59 Å². The highest BCUT2D eigenvalue weighted by molar-refractivity contribution is 6.35. The Labute approximate surface area is 142 Å². The molecule has 0 bridgehead atoms. The van der Waals surface area contributed by atoms with Gasteiger partial charge in [-0.3, -0.25) is 4.79 Å². The molecule has 2 aromatic rings. The van der Waals surface area contributed by atoms with Gasteiger partial charge in [-0.25, -0.2) is 4.79 Å². The number of carbonyl (C=O) groups is 2. The fourth-order valence-electron chi connectivity index (χ4n) is 1.67. The zero-order valence-corrected chi connectivity index (χ0v) is 13.2. The normalized spacial score (nSPS) is 9.78. The fraction of sp³-hybridized carbons (Fsp3) is 0.0625. The molecule has 1 N–H and O–H groups in total.